The quantitative estimate of drug-likeness (QED) is 0.723. The van der Waals surface area contributed by atoms with Crippen molar-refractivity contribution >= 4 is 12.0 Å². The molecular weight excluding hydrogens is 208 g/mol. The lowest BCUT2D eigenvalue weighted by Crippen LogP contribution is -2.39. The first kappa shape index (κ1) is 14.7. The predicted molar refractivity (Wildman–Crippen MR) is 62.4 cm³/mol. The molecule has 0 aliphatic rings. The minimum atomic E-state index is -0.819. The van der Waals surface area contributed by atoms with Crippen LogP contribution in [0.25, 0.3) is 0 Å². The molecule has 0 radical (unpaired) electrons. The number of carbonyl (C=O) groups excluding carboxylic acids is 1. The molecule has 94 valence electrons. The molecule has 0 saturated carbocycles. The van der Waals surface area contributed by atoms with Crippen LogP contribution in [-0.4, -0.2) is 54.1 Å². The molecule has 1 N–H and O–H groups in total. The van der Waals surface area contributed by atoms with Crippen LogP contribution < -0.4 is 0 Å². The first-order valence-corrected chi connectivity index (χ1v) is 5.67. The molecule has 0 fully saturated rings. The zero-order valence-corrected chi connectivity index (χ0v) is 10.4. The second kappa shape index (κ2) is 7.96. The van der Waals surface area contributed by atoms with Gasteiger partial charge in [0.1, 0.15) is 0 Å². The molecule has 0 heterocycles. The standard InChI is InChI=1S/C11H22N2O3/c1-4-5-8-12(2)11(16)13(3)9-6-7-10(14)15/h4-9H2,1-3H3,(H,14,15). The Morgan fingerprint density at radius 1 is 1.06 bits per heavy atom. The first-order valence-electron chi connectivity index (χ1n) is 5.67. The summed E-state index contributed by atoms with van der Waals surface area (Å²) in [7, 11) is 3.47. The summed E-state index contributed by atoms with van der Waals surface area (Å²) in [4.78, 5) is 25.3. The molecule has 0 aliphatic heterocycles. The Hall–Kier alpha value is -1.26. The van der Waals surface area contributed by atoms with E-state index in [2.05, 4.69) is 6.92 Å². The number of urea groups is 1. The third-order valence-corrected chi connectivity index (χ3v) is 2.38. The van der Waals surface area contributed by atoms with Crippen molar-refractivity contribution in [2.24, 2.45) is 0 Å². The number of hydrogen-bond donors (Lipinski definition) is 1. The molecule has 0 spiro atoms. The highest BCUT2D eigenvalue weighted by atomic mass is 16.4. The van der Waals surface area contributed by atoms with E-state index in [4.69, 9.17) is 5.11 Å². The molecule has 0 atom stereocenters. The largest absolute Gasteiger partial charge is 0.481 e. The van der Waals surface area contributed by atoms with Crippen LogP contribution in [0.5, 0.6) is 0 Å². The number of carboxylic acids is 1. The van der Waals surface area contributed by atoms with Crippen molar-refractivity contribution in [1.29, 1.82) is 0 Å². The molecule has 0 aromatic rings. The van der Waals surface area contributed by atoms with Crippen LogP contribution in [0.4, 0.5) is 4.79 Å². The summed E-state index contributed by atoms with van der Waals surface area (Å²) in [6.45, 7) is 3.31. The number of hydrogen-bond acceptors (Lipinski definition) is 2. The average Bonchev–Trinajstić information content (AvgIpc) is 2.24. The first-order chi connectivity index (χ1) is 7.49. The molecule has 0 bridgehead atoms. The van der Waals surface area contributed by atoms with Crippen LogP contribution in [0, 0.1) is 0 Å². The van der Waals surface area contributed by atoms with E-state index >= 15 is 0 Å². The molecular formula is C11H22N2O3. The fraction of sp³-hybridized carbons (Fsp3) is 0.818. The smallest absolute Gasteiger partial charge is 0.319 e. The number of rotatable bonds is 7. The molecule has 5 nitrogen and oxygen atoms in total. The minimum Gasteiger partial charge on any atom is -0.481 e. The lowest BCUT2D eigenvalue weighted by Gasteiger charge is -2.24. The SMILES string of the molecule is CCCCN(C)C(=O)N(C)CCCC(=O)O. The van der Waals surface area contributed by atoms with Crippen molar-refractivity contribution < 1.29 is 14.7 Å². The third-order valence-electron chi connectivity index (χ3n) is 2.38. The maximum absolute atomic E-state index is 11.7. The van der Waals surface area contributed by atoms with Crippen molar-refractivity contribution in [1.82, 2.24) is 9.80 Å². The van der Waals surface area contributed by atoms with E-state index in [1.807, 2.05) is 0 Å². The van der Waals surface area contributed by atoms with Gasteiger partial charge in [-0.25, -0.2) is 4.79 Å². The van der Waals surface area contributed by atoms with Gasteiger partial charge in [-0.05, 0) is 12.8 Å². The number of carbonyl (C=O) groups is 2. The van der Waals surface area contributed by atoms with E-state index in [0.717, 1.165) is 19.4 Å². The topological polar surface area (TPSA) is 60.9 Å². The molecule has 0 saturated heterocycles. The molecule has 5 heteroatoms. The van der Waals surface area contributed by atoms with E-state index < -0.39 is 5.97 Å². The van der Waals surface area contributed by atoms with E-state index in [1.54, 1.807) is 23.9 Å². The Labute approximate surface area is 97.0 Å². The van der Waals surface area contributed by atoms with Gasteiger partial charge in [-0.1, -0.05) is 13.3 Å². The normalized spacial score (nSPS) is 9.94. The Kier molecular flexibility index (Phi) is 7.33. The molecule has 0 unspecified atom stereocenters. The van der Waals surface area contributed by atoms with Gasteiger partial charge in [0.05, 0.1) is 0 Å². The zero-order chi connectivity index (χ0) is 12.6. The Balaban J connectivity index is 3.83. The lowest BCUT2D eigenvalue weighted by atomic mass is 10.3. The summed E-state index contributed by atoms with van der Waals surface area (Å²) in [6.07, 6.45) is 2.65. The number of amides is 2. The van der Waals surface area contributed by atoms with Gasteiger partial charge in [-0.3, -0.25) is 4.79 Å². The van der Waals surface area contributed by atoms with Crippen LogP contribution in [-0.2, 0) is 4.79 Å². The van der Waals surface area contributed by atoms with E-state index in [1.165, 1.54) is 0 Å². The van der Waals surface area contributed by atoms with Gasteiger partial charge in [-0.15, -0.1) is 0 Å². The molecule has 0 aliphatic carbocycles. The summed E-state index contributed by atoms with van der Waals surface area (Å²) in [6, 6.07) is -0.0427. The van der Waals surface area contributed by atoms with Crippen molar-refractivity contribution in [3.8, 4) is 0 Å². The highest BCUT2D eigenvalue weighted by Crippen LogP contribution is 2.00. The second-order valence-electron chi connectivity index (χ2n) is 3.98. The summed E-state index contributed by atoms with van der Waals surface area (Å²) >= 11 is 0. The number of carboxylic acid groups (broad SMARTS) is 1. The van der Waals surface area contributed by atoms with Crippen LogP contribution in [0.3, 0.4) is 0 Å². The number of aliphatic carboxylic acids is 1. The Bertz CT molecular complexity index is 231. The molecule has 16 heavy (non-hydrogen) atoms. The fourth-order valence-electron chi connectivity index (χ4n) is 1.35. The van der Waals surface area contributed by atoms with Crippen molar-refractivity contribution in [2.75, 3.05) is 27.2 Å². The number of unbranched alkanes of at least 4 members (excludes halogenated alkanes) is 1. The predicted octanol–water partition coefficient (Wildman–Crippen LogP) is 1.63. The van der Waals surface area contributed by atoms with Gasteiger partial charge < -0.3 is 14.9 Å². The second-order valence-corrected chi connectivity index (χ2v) is 3.98. The van der Waals surface area contributed by atoms with Crippen LogP contribution in [0.1, 0.15) is 32.6 Å². The summed E-state index contributed by atoms with van der Waals surface area (Å²) < 4.78 is 0. The van der Waals surface area contributed by atoms with Gasteiger partial charge in [0, 0.05) is 33.6 Å². The van der Waals surface area contributed by atoms with Gasteiger partial charge in [0.25, 0.3) is 0 Å². The highest BCUT2D eigenvalue weighted by Gasteiger charge is 2.13. The van der Waals surface area contributed by atoms with Crippen LogP contribution in [0.15, 0.2) is 0 Å². The monoisotopic (exact) mass is 230 g/mol. The Morgan fingerprint density at radius 3 is 2.00 bits per heavy atom. The zero-order valence-electron chi connectivity index (χ0n) is 10.4. The molecule has 2 amide bonds. The van der Waals surface area contributed by atoms with Crippen molar-refractivity contribution in [2.45, 2.75) is 32.6 Å². The highest BCUT2D eigenvalue weighted by molar-refractivity contribution is 5.73. The fourth-order valence-corrected chi connectivity index (χ4v) is 1.35. The lowest BCUT2D eigenvalue weighted by molar-refractivity contribution is -0.137. The van der Waals surface area contributed by atoms with Crippen molar-refractivity contribution in [3.63, 3.8) is 0 Å². The molecule has 0 aromatic carbocycles. The van der Waals surface area contributed by atoms with Gasteiger partial charge in [0.2, 0.25) is 0 Å². The summed E-state index contributed by atoms with van der Waals surface area (Å²) in [5, 5.41) is 8.48. The summed E-state index contributed by atoms with van der Waals surface area (Å²) in [5.74, 6) is -0.819. The maximum atomic E-state index is 11.7. The van der Waals surface area contributed by atoms with Crippen LogP contribution in [0.2, 0.25) is 0 Å². The third kappa shape index (κ3) is 6.27. The van der Waals surface area contributed by atoms with E-state index in [0.29, 0.717) is 13.0 Å². The molecule has 0 rings (SSSR count). The molecule has 0 aromatic heterocycles. The van der Waals surface area contributed by atoms with Gasteiger partial charge >= 0.3 is 12.0 Å². The summed E-state index contributed by atoms with van der Waals surface area (Å²) in [5.41, 5.74) is 0. The maximum Gasteiger partial charge on any atom is 0.319 e. The Morgan fingerprint density at radius 2 is 1.56 bits per heavy atom. The number of nitrogens with zero attached hydrogens (tertiary/aromatic N) is 2. The van der Waals surface area contributed by atoms with E-state index in [-0.39, 0.29) is 12.5 Å². The minimum absolute atomic E-state index is 0.0427. The average molecular weight is 230 g/mol. The van der Waals surface area contributed by atoms with Gasteiger partial charge in [-0.2, -0.15) is 0 Å². The van der Waals surface area contributed by atoms with Crippen LogP contribution >= 0.6 is 0 Å². The van der Waals surface area contributed by atoms with Gasteiger partial charge in [0.15, 0.2) is 0 Å². The van der Waals surface area contributed by atoms with E-state index in [9.17, 15) is 9.59 Å². The van der Waals surface area contributed by atoms with Crippen molar-refractivity contribution in [3.05, 3.63) is 0 Å².